The third kappa shape index (κ3) is 2.99. The highest BCUT2D eigenvalue weighted by Gasteiger charge is 2.24. The van der Waals surface area contributed by atoms with Crippen molar-refractivity contribution in [3.8, 4) is 5.69 Å². The van der Waals surface area contributed by atoms with E-state index in [1.807, 2.05) is 36.6 Å². The molecule has 3 heterocycles. The quantitative estimate of drug-likeness (QED) is 0.457. The zero-order valence-electron chi connectivity index (χ0n) is 18.3. The lowest BCUT2D eigenvalue weighted by Crippen LogP contribution is -2.40. The van der Waals surface area contributed by atoms with E-state index in [2.05, 4.69) is 17.7 Å². The molecule has 1 aromatic carbocycles. The molecular formula is C22H25N5O4. The largest absolute Gasteiger partial charge is 0.469 e. The molecule has 0 aliphatic heterocycles. The highest BCUT2D eigenvalue weighted by Crippen LogP contribution is 2.26. The second-order valence-electron chi connectivity index (χ2n) is 7.53. The average molecular weight is 423 g/mol. The highest BCUT2D eigenvalue weighted by molar-refractivity contribution is 5.77. The van der Waals surface area contributed by atoms with Gasteiger partial charge in [0.25, 0.3) is 5.56 Å². The average Bonchev–Trinajstić information content (AvgIpc) is 3.27. The van der Waals surface area contributed by atoms with Gasteiger partial charge in [-0.15, -0.1) is 0 Å². The Kier molecular flexibility index (Phi) is 5.04. The number of aryl methyl sites for hydroxylation is 3. The zero-order chi connectivity index (χ0) is 22.4. The number of benzene rings is 1. The van der Waals surface area contributed by atoms with Crippen molar-refractivity contribution in [2.24, 2.45) is 7.05 Å². The Hall–Kier alpha value is -3.62. The van der Waals surface area contributed by atoms with Crippen molar-refractivity contribution in [1.82, 2.24) is 23.1 Å². The van der Waals surface area contributed by atoms with Crippen molar-refractivity contribution in [3.05, 3.63) is 62.1 Å². The number of rotatable bonds is 5. The van der Waals surface area contributed by atoms with E-state index in [-0.39, 0.29) is 13.0 Å². The molecule has 9 heteroatoms. The number of hydrogen-bond acceptors (Lipinski definition) is 5. The monoisotopic (exact) mass is 423 g/mol. The summed E-state index contributed by atoms with van der Waals surface area (Å²) in [5, 5.41) is 0. The van der Waals surface area contributed by atoms with E-state index >= 15 is 0 Å². The van der Waals surface area contributed by atoms with Gasteiger partial charge in [-0.25, -0.2) is 4.79 Å². The Morgan fingerprint density at radius 2 is 1.84 bits per heavy atom. The van der Waals surface area contributed by atoms with Gasteiger partial charge < -0.3 is 4.74 Å². The number of para-hydroxylation sites is 1. The fourth-order valence-electron chi connectivity index (χ4n) is 4.07. The first kappa shape index (κ1) is 20.6. The number of fused-ring (bicyclic) bond motifs is 3. The van der Waals surface area contributed by atoms with Crippen LogP contribution in [0.2, 0.25) is 0 Å². The number of esters is 1. The predicted octanol–water partition coefficient (Wildman–Crippen LogP) is 1.88. The molecule has 0 aliphatic carbocycles. The van der Waals surface area contributed by atoms with Gasteiger partial charge in [-0.05, 0) is 31.9 Å². The lowest BCUT2D eigenvalue weighted by atomic mass is 10.1. The van der Waals surface area contributed by atoms with Gasteiger partial charge in [0.15, 0.2) is 11.2 Å². The van der Waals surface area contributed by atoms with Gasteiger partial charge in [0, 0.05) is 25.0 Å². The van der Waals surface area contributed by atoms with E-state index in [0.717, 1.165) is 33.6 Å². The summed E-state index contributed by atoms with van der Waals surface area (Å²) in [7, 11) is 2.85. The maximum Gasteiger partial charge on any atom is 0.332 e. The maximum atomic E-state index is 13.3. The minimum atomic E-state index is -0.517. The number of carbonyl (C=O) groups is 1. The highest BCUT2D eigenvalue weighted by atomic mass is 16.5. The number of carbonyl (C=O) groups excluding carboxylic acids is 1. The molecule has 0 saturated heterocycles. The van der Waals surface area contributed by atoms with Crippen molar-refractivity contribution < 1.29 is 9.53 Å². The van der Waals surface area contributed by atoms with Crippen LogP contribution in [0.15, 0.2) is 33.9 Å². The molecule has 0 spiro atoms. The first-order chi connectivity index (χ1) is 14.8. The van der Waals surface area contributed by atoms with Crippen LogP contribution in [-0.4, -0.2) is 36.2 Å². The molecule has 0 fully saturated rings. The molecule has 3 aromatic heterocycles. The molecule has 4 aromatic rings. The number of methoxy groups -OCH3 is 1. The van der Waals surface area contributed by atoms with Gasteiger partial charge in [-0.3, -0.25) is 27.7 Å². The fourth-order valence-corrected chi connectivity index (χ4v) is 4.07. The second kappa shape index (κ2) is 7.57. The first-order valence-corrected chi connectivity index (χ1v) is 10.2. The zero-order valence-corrected chi connectivity index (χ0v) is 18.3. The van der Waals surface area contributed by atoms with Crippen molar-refractivity contribution >= 4 is 22.9 Å². The van der Waals surface area contributed by atoms with Crippen molar-refractivity contribution in [1.29, 1.82) is 0 Å². The van der Waals surface area contributed by atoms with Crippen LogP contribution in [0.5, 0.6) is 0 Å². The molecule has 9 nitrogen and oxygen atoms in total. The topological polar surface area (TPSA) is 92.5 Å². The second-order valence-corrected chi connectivity index (χ2v) is 7.53. The molecule has 4 rings (SSSR count). The van der Waals surface area contributed by atoms with Crippen molar-refractivity contribution in [2.75, 3.05) is 7.11 Å². The van der Waals surface area contributed by atoms with Gasteiger partial charge >= 0.3 is 11.7 Å². The number of aromatic nitrogens is 5. The third-order valence-electron chi connectivity index (χ3n) is 5.90. The van der Waals surface area contributed by atoms with Crippen molar-refractivity contribution in [3.63, 3.8) is 0 Å². The molecule has 0 amide bonds. The van der Waals surface area contributed by atoms with Crippen LogP contribution in [0.1, 0.15) is 30.3 Å². The summed E-state index contributed by atoms with van der Waals surface area (Å²) in [6.07, 6.45) is 0.778. The molecule has 0 atom stereocenters. The summed E-state index contributed by atoms with van der Waals surface area (Å²) in [5.74, 6) is 0.0885. The SMILES string of the molecule is CCc1ccccc1-n1c(C)c(C)n2c3c(=O)n(CCC(=O)OC)c(=O)n(C)c3nc12. The summed E-state index contributed by atoms with van der Waals surface area (Å²) in [6, 6.07) is 8.06. The number of nitrogens with zero attached hydrogens (tertiary/aromatic N) is 5. The lowest BCUT2D eigenvalue weighted by molar-refractivity contribution is -0.140. The predicted molar refractivity (Wildman–Crippen MR) is 117 cm³/mol. The normalized spacial score (nSPS) is 11.5. The van der Waals surface area contributed by atoms with Crippen molar-refractivity contribution in [2.45, 2.75) is 40.2 Å². The fraction of sp³-hybridized carbons (Fsp3) is 0.364. The van der Waals surface area contributed by atoms with E-state index in [4.69, 9.17) is 4.98 Å². The molecule has 0 aliphatic rings. The van der Waals surface area contributed by atoms with E-state index in [0.29, 0.717) is 16.9 Å². The van der Waals surface area contributed by atoms with Crippen LogP contribution in [0, 0.1) is 13.8 Å². The van der Waals surface area contributed by atoms with Gasteiger partial charge in [-0.2, -0.15) is 4.98 Å². The van der Waals surface area contributed by atoms with Crippen LogP contribution < -0.4 is 11.2 Å². The summed E-state index contributed by atoms with van der Waals surface area (Å²) in [6.45, 7) is 5.95. The minimum Gasteiger partial charge on any atom is -0.469 e. The van der Waals surface area contributed by atoms with Crippen LogP contribution in [-0.2, 0) is 29.5 Å². The third-order valence-corrected chi connectivity index (χ3v) is 5.90. The maximum absolute atomic E-state index is 13.3. The molecular weight excluding hydrogens is 398 g/mol. The summed E-state index contributed by atoms with van der Waals surface area (Å²) < 4.78 is 10.9. The van der Waals surface area contributed by atoms with E-state index < -0.39 is 17.2 Å². The number of imidazole rings is 2. The van der Waals surface area contributed by atoms with Gasteiger partial charge in [0.05, 0.1) is 19.2 Å². The van der Waals surface area contributed by atoms with Gasteiger partial charge in [-0.1, -0.05) is 25.1 Å². The summed E-state index contributed by atoms with van der Waals surface area (Å²) in [4.78, 5) is 42.4. The number of ether oxygens (including phenoxy) is 1. The Morgan fingerprint density at radius 1 is 1.13 bits per heavy atom. The molecule has 0 radical (unpaired) electrons. The van der Waals surface area contributed by atoms with E-state index in [1.165, 1.54) is 11.7 Å². The van der Waals surface area contributed by atoms with Crippen LogP contribution in [0.3, 0.4) is 0 Å². The molecule has 31 heavy (non-hydrogen) atoms. The van der Waals surface area contributed by atoms with Crippen LogP contribution in [0.4, 0.5) is 0 Å². The smallest absolute Gasteiger partial charge is 0.332 e. The van der Waals surface area contributed by atoms with E-state index in [1.54, 1.807) is 11.4 Å². The Morgan fingerprint density at radius 3 is 2.52 bits per heavy atom. The summed E-state index contributed by atoms with van der Waals surface area (Å²) in [5.41, 5.74) is 3.60. The molecule has 162 valence electrons. The molecule has 0 unspecified atom stereocenters. The molecule has 0 saturated carbocycles. The minimum absolute atomic E-state index is 0.0568. The lowest BCUT2D eigenvalue weighted by Gasteiger charge is -2.11. The Balaban J connectivity index is 2.08. The van der Waals surface area contributed by atoms with Crippen LogP contribution in [0.25, 0.3) is 22.6 Å². The number of hydrogen-bond donors (Lipinski definition) is 0. The Bertz CT molecular complexity index is 1450. The molecule has 0 N–H and O–H groups in total. The Labute approximate surface area is 178 Å². The molecule has 0 bridgehead atoms. The van der Waals surface area contributed by atoms with Gasteiger partial charge in [0.2, 0.25) is 5.78 Å². The van der Waals surface area contributed by atoms with Crippen LogP contribution >= 0.6 is 0 Å². The van der Waals surface area contributed by atoms with Gasteiger partial charge in [0.1, 0.15) is 0 Å². The summed E-state index contributed by atoms with van der Waals surface area (Å²) >= 11 is 0. The first-order valence-electron chi connectivity index (χ1n) is 10.2. The standard InChI is InChI=1S/C22H25N5O4/c1-6-15-9-7-8-10-16(15)26-13(2)14(3)27-18-19(23-21(26)27)24(4)22(30)25(20(18)29)12-11-17(28)31-5/h7-10H,6,11-12H2,1-5H3. The van der Waals surface area contributed by atoms with E-state index in [9.17, 15) is 14.4 Å².